The third kappa shape index (κ3) is 4.25. The Morgan fingerprint density at radius 1 is 1.19 bits per heavy atom. The van der Waals surface area contributed by atoms with Gasteiger partial charge in [0, 0.05) is 5.56 Å². The van der Waals surface area contributed by atoms with Crippen molar-refractivity contribution in [3.8, 4) is 17.1 Å². The number of ether oxygens (including phenoxy) is 1. The maximum atomic E-state index is 12.2. The van der Waals surface area contributed by atoms with Crippen LogP contribution < -0.4 is 10.1 Å². The molecule has 1 amide bonds. The van der Waals surface area contributed by atoms with E-state index in [0.29, 0.717) is 28.0 Å². The van der Waals surface area contributed by atoms with Crippen LogP contribution in [0.1, 0.15) is 11.3 Å². The van der Waals surface area contributed by atoms with E-state index in [-0.39, 0.29) is 19.1 Å². The molecule has 3 rings (SSSR count). The first-order valence-electron chi connectivity index (χ1n) is 8.04. The normalized spacial score (nSPS) is 10.6. The molecule has 0 atom stereocenters. The fraction of sp³-hybridized carbons (Fsp3) is 0.150. The van der Waals surface area contributed by atoms with Crippen LogP contribution in [-0.4, -0.2) is 17.6 Å². The number of anilines is 1. The topological polar surface area (TPSA) is 71.7 Å². The number of aryl methyl sites for hydroxylation is 1. The van der Waals surface area contributed by atoms with Crippen LogP contribution in [0.5, 0.6) is 5.75 Å². The van der Waals surface area contributed by atoms with Crippen LogP contribution in [0, 0.1) is 6.92 Å². The number of aliphatic hydroxyl groups is 1. The fourth-order valence-corrected chi connectivity index (χ4v) is 2.61. The number of hydrogen-bond acceptors (Lipinski definition) is 4. The molecule has 0 aliphatic heterocycles. The predicted octanol–water partition coefficient (Wildman–Crippen LogP) is 4.42. The van der Waals surface area contributed by atoms with Crippen molar-refractivity contribution in [2.24, 2.45) is 0 Å². The van der Waals surface area contributed by atoms with E-state index in [1.54, 1.807) is 30.3 Å². The summed E-state index contributed by atoms with van der Waals surface area (Å²) in [5, 5.41) is 12.3. The molecule has 1 heterocycles. The number of furan rings is 1. The lowest BCUT2D eigenvalue weighted by molar-refractivity contribution is -0.118. The van der Waals surface area contributed by atoms with Gasteiger partial charge in [-0.1, -0.05) is 29.8 Å². The fourth-order valence-electron chi connectivity index (χ4n) is 2.44. The van der Waals surface area contributed by atoms with E-state index in [0.717, 1.165) is 11.1 Å². The van der Waals surface area contributed by atoms with Crippen molar-refractivity contribution in [1.82, 2.24) is 0 Å². The Bertz CT molecular complexity index is 920. The van der Waals surface area contributed by atoms with Crippen molar-refractivity contribution < 1.29 is 19.1 Å². The summed E-state index contributed by atoms with van der Waals surface area (Å²) < 4.78 is 11.0. The average molecular weight is 372 g/mol. The zero-order chi connectivity index (χ0) is 18.5. The molecule has 0 bridgehead atoms. The number of halogens is 1. The lowest BCUT2D eigenvalue weighted by atomic mass is 10.1. The van der Waals surface area contributed by atoms with Crippen LogP contribution >= 0.6 is 11.6 Å². The Morgan fingerprint density at radius 3 is 2.73 bits per heavy atom. The molecule has 3 aromatic rings. The quantitative estimate of drug-likeness (QED) is 0.672. The molecular weight excluding hydrogens is 354 g/mol. The van der Waals surface area contributed by atoms with Gasteiger partial charge in [0.1, 0.15) is 23.9 Å². The van der Waals surface area contributed by atoms with Crippen molar-refractivity contribution in [2.75, 3.05) is 11.9 Å². The summed E-state index contributed by atoms with van der Waals surface area (Å²) >= 11 is 6.18. The highest BCUT2D eigenvalue weighted by Crippen LogP contribution is 2.30. The summed E-state index contributed by atoms with van der Waals surface area (Å²) in [4.78, 5) is 12.2. The standard InChI is InChI=1S/C20H18ClNO4/c1-13-4-2-3-5-18(13)25-12-20(24)22-17-10-14(6-8-16(17)21)19-9-7-15(11-23)26-19/h2-10,23H,11-12H2,1H3,(H,22,24). The molecule has 6 heteroatoms. The zero-order valence-electron chi connectivity index (χ0n) is 14.2. The minimum atomic E-state index is -0.317. The van der Waals surface area contributed by atoms with E-state index in [4.69, 9.17) is 25.9 Å². The first kappa shape index (κ1) is 18.0. The summed E-state index contributed by atoms with van der Waals surface area (Å²) in [7, 11) is 0. The number of aliphatic hydroxyl groups excluding tert-OH is 1. The van der Waals surface area contributed by atoms with Crippen LogP contribution in [0.4, 0.5) is 5.69 Å². The van der Waals surface area contributed by atoms with Gasteiger partial charge < -0.3 is 19.6 Å². The van der Waals surface area contributed by atoms with E-state index in [1.807, 2.05) is 31.2 Å². The third-order valence-corrected chi connectivity index (χ3v) is 4.12. The molecule has 5 nitrogen and oxygen atoms in total. The van der Waals surface area contributed by atoms with Gasteiger partial charge in [0.05, 0.1) is 10.7 Å². The molecule has 0 saturated carbocycles. The third-order valence-electron chi connectivity index (χ3n) is 3.79. The van der Waals surface area contributed by atoms with Gasteiger partial charge in [-0.3, -0.25) is 4.79 Å². The lowest BCUT2D eigenvalue weighted by Gasteiger charge is -2.11. The summed E-state index contributed by atoms with van der Waals surface area (Å²) in [5.74, 6) is 1.39. The number of carbonyl (C=O) groups is 1. The SMILES string of the molecule is Cc1ccccc1OCC(=O)Nc1cc(-c2ccc(CO)o2)ccc1Cl. The van der Waals surface area contributed by atoms with Crippen molar-refractivity contribution in [3.63, 3.8) is 0 Å². The average Bonchev–Trinajstić information content (AvgIpc) is 3.12. The van der Waals surface area contributed by atoms with Crippen molar-refractivity contribution in [2.45, 2.75) is 13.5 Å². The molecule has 134 valence electrons. The van der Waals surface area contributed by atoms with Gasteiger partial charge >= 0.3 is 0 Å². The summed E-state index contributed by atoms with van der Waals surface area (Å²) in [6.45, 7) is 1.62. The van der Waals surface area contributed by atoms with E-state index >= 15 is 0 Å². The second-order valence-electron chi connectivity index (χ2n) is 5.72. The Balaban J connectivity index is 1.69. The molecule has 0 saturated heterocycles. The second kappa shape index (κ2) is 8.08. The van der Waals surface area contributed by atoms with E-state index in [1.165, 1.54) is 0 Å². The number of amides is 1. The van der Waals surface area contributed by atoms with Crippen LogP contribution in [0.2, 0.25) is 5.02 Å². The summed E-state index contributed by atoms with van der Waals surface area (Å²) in [6.07, 6.45) is 0. The number of para-hydroxylation sites is 1. The summed E-state index contributed by atoms with van der Waals surface area (Å²) in [6, 6.07) is 16.1. The number of rotatable bonds is 6. The zero-order valence-corrected chi connectivity index (χ0v) is 14.9. The van der Waals surface area contributed by atoms with Gasteiger partial charge in [-0.2, -0.15) is 0 Å². The highest BCUT2D eigenvalue weighted by Gasteiger charge is 2.11. The molecule has 2 aromatic carbocycles. The molecule has 0 aliphatic carbocycles. The van der Waals surface area contributed by atoms with Gasteiger partial charge in [0.25, 0.3) is 5.91 Å². The number of carbonyl (C=O) groups excluding carboxylic acids is 1. The maximum Gasteiger partial charge on any atom is 0.262 e. The van der Waals surface area contributed by atoms with Gasteiger partial charge in [-0.05, 0) is 48.9 Å². The highest BCUT2D eigenvalue weighted by atomic mass is 35.5. The number of nitrogens with one attached hydrogen (secondary N) is 1. The van der Waals surface area contributed by atoms with Crippen LogP contribution in [-0.2, 0) is 11.4 Å². The van der Waals surface area contributed by atoms with Gasteiger partial charge in [-0.15, -0.1) is 0 Å². The largest absolute Gasteiger partial charge is 0.483 e. The first-order chi connectivity index (χ1) is 12.6. The molecule has 2 N–H and O–H groups in total. The van der Waals surface area contributed by atoms with Crippen LogP contribution in [0.25, 0.3) is 11.3 Å². The number of benzene rings is 2. The first-order valence-corrected chi connectivity index (χ1v) is 8.42. The van der Waals surface area contributed by atoms with E-state index < -0.39 is 0 Å². The van der Waals surface area contributed by atoms with Gasteiger partial charge in [0.15, 0.2) is 6.61 Å². The minimum absolute atomic E-state index is 0.124. The van der Waals surface area contributed by atoms with E-state index in [2.05, 4.69) is 5.32 Å². The number of hydrogen-bond donors (Lipinski definition) is 2. The molecule has 0 spiro atoms. The molecule has 0 unspecified atom stereocenters. The van der Waals surface area contributed by atoms with Crippen molar-refractivity contribution >= 4 is 23.2 Å². The molecule has 0 fully saturated rings. The van der Waals surface area contributed by atoms with Crippen LogP contribution in [0.3, 0.4) is 0 Å². The molecule has 26 heavy (non-hydrogen) atoms. The van der Waals surface area contributed by atoms with E-state index in [9.17, 15) is 4.79 Å². The molecular formula is C20H18ClNO4. The van der Waals surface area contributed by atoms with Crippen LogP contribution in [0.15, 0.2) is 59.0 Å². The minimum Gasteiger partial charge on any atom is -0.483 e. The summed E-state index contributed by atoms with van der Waals surface area (Å²) in [5.41, 5.74) is 2.16. The second-order valence-corrected chi connectivity index (χ2v) is 6.13. The van der Waals surface area contributed by atoms with Gasteiger partial charge in [-0.25, -0.2) is 0 Å². The maximum absolute atomic E-state index is 12.2. The lowest BCUT2D eigenvalue weighted by Crippen LogP contribution is -2.20. The molecule has 1 aromatic heterocycles. The van der Waals surface area contributed by atoms with Crippen molar-refractivity contribution in [3.05, 3.63) is 70.9 Å². The van der Waals surface area contributed by atoms with Gasteiger partial charge in [0.2, 0.25) is 0 Å². The van der Waals surface area contributed by atoms with Crippen molar-refractivity contribution in [1.29, 1.82) is 0 Å². The molecule has 0 radical (unpaired) electrons. The Kier molecular flexibility index (Phi) is 5.61. The molecule has 0 aliphatic rings. The smallest absolute Gasteiger partial charge is 0.262 e. The highest BCUT2D eigenvalue weighted by molar-refractivity contribution is 6.33. The Labute approximate surface area is 156 Å². The predicted molar refractivity (Wildman–Crippen MR) is 100 cm³/mol. The Hall–Kier alpha value is -2.76. The Morgan fingerprint density at radius 2 is 2.00 bits per heavy atom. The monoisotopic (exact) mass is 371 g/mol.